The summed E-state index contributed by atoms with van der Waals surface area (Å²) in [5.41, 5.74) is 5.52. The van der Waals surface area contributed by atoms with Gasteiger partial charge in [-0.3, -0.25) is 0 Å². The van der Waals surface area contributed by atoms with E-state index >= 15 is 0 Å². The number of carbonyl (C=O) groups is 1. The molecule has 0 saturated carbocycles. The smallest absolute Gasteiger partial charge is 0.354 e. The van der Waals surface area contributed by atoms with Gasteiger partial charge >= 0.3 is 5.97 Å². The van der Waals surface area contributed by atoms with Crippen LogP contribution in [-0.2, 0) is 9.53 Å². The molecule has 0 aliphatic rings. The Bertz CT molecular complexity index is 294. The third-order valence-electron chi connectivity index (χ3n) is 1.93. The van der Waals surface area contributed by atoms with Crippen molar-refractivity contribution >= 4 is 5.97 Å². The predicted molar refractivity (Wildman–Crippen MR) is 68.4 cm³/mol. The average molecular weight is 258 g/mol. The minimum Gasteiger partial charge on any atom is -0.458 e. The lowest BCUT2D eigenvalue weighted by Crippen LogP contribution is -2.24. The SMILES string of the molecule is CC(C)OC(=O)/C(N)=C\C=C\N(CCO)CCO. The summed E-state index contributed by atoms with van der Waals surface area (Å²) in [6.07, 6.45) is 4.42. The summed E-state index contributed by atoms with van der Waals surface area (Å²) in [4.78, 5) is 13.0. The largest absolute Gasteiger partial charge is 0.458 e. The van der Waals surface area contributed by atoms with E-state index in [-0.39, 0.29) is 25.0 Å². The van der Waals surface area contributed by atoms with Gasteiger partial charge in [0.1, 0.15) is 5.70 Å². The minimum atomic E-state index is -0.564. The van der Waals surface area contributed by atoms with Crippen LogP contribution in [-0.4, -0.2) is 53.5 Å². The van der Waals surface area contributed by atoms with E-state index in [1.165, 1.54) is 6.08 Å². The number of ether oxygens (including phenoxy) is 1. The predicted octanol–water partition coefficient (Wildman–Crippen LogP) is -0.419. The highest BCUT2D eigenvalue weighted by Gasteiger charge is 2.07. The molecule has 0 aromatic carbocycles. The summed E-state index contributed by atoms with van der Waals surface area (Å²) in [6, 6.07) is 0. The third-order valence-corrected chi connectivity index (χ3v) is 1.93. The van der Waals surface area contributed by atoms with Crippen molar-refractivity contribution in [3.8, 4) is 0 Å². The average Bonchev–Trinajstić information content (AvgIpc) is 2.28. The Morgan fingerprint density at radius 3 is 2.33 bits per heavy atom. The molecular weight excluding hydrogens is 236 g/mol. The lowest BCUT2D eigenvalue weighted by molar-refractivity contribution is -0.142. The van der Waals surface area contributed by atoms with Crippen LogP contribution in [0.15, 0.2) is 24.0 Å². The first kappa shape index (κ1) is 16.5. The highest BCUT2D eigenvalue weighted by atomic mass is 16.5. The first-order chi connectivity index (χ1) is 8.51. The van der Waals surface area contributed by atoms with Gasteiger partial charge in [0.2, 0.25) is 0 Å². The molecule has 18 heavy (non-hydrogen) atoms. The Kier molecular flexibility index (Phi) is 8.69. The van der Waals surface area contributed by atoms with Crippen molar-refractivity contribution in [2.45, 2.75) is 20.0 Å². The fourth-order valence-corrected chi connectivity index (χ4v) is 1.14. The second-order valence-corrected chi connectivity index (χ2v) is 3.90. The van der Waals surface area contributed by atoms with Gasteiger partial charge in [0.15, 0.2) is 0 Å². The highest BCUT2D eigenvalue weighted by molar-refractivity contribution is 5.87. The summed E-state index contributed by atoms with van der Waals surface area (Å²) >= 11 is 0. The lowest BCUT2D eigenvalue weighted by atomic mass is 10.3. The van der Waals surface area contributed by atoms with Gasteiger partial charge in [-0.1, -0.05) is 0 Å². The summed E-state index contributed by atoms with van der Waals surface area (Å²) < 4.78 is 4.90. The van der Waals surface area contributed by atoms with Crippen LogP contribution in [0.25, 0.3) is 0 Å². The van der Waals surface area contributed by atoms with Crippen molar-refractivity contribution in [2.24, 2.45) is 5.73 Å². The number of nitrogens with zero attached hydrogens (tertiary/aromatic N) is 1. The molecule has 0 bridgehead atoms. The maximum atomic E-state index is 11.3. The van der Waals surface area contributed by atoms with E-state index in [0.717, 1.165) is 0 Å². The molecule has 4 N–H and O–H groups in total. The minimum absolute atomic E-state index is 0.00731. The number of allylic oxidation sites excluding steroid dienone is 2. The molecular formula is C12H22N2O4. The molecule has 0 fully saturated rings. The van der Waals surface area contributed by atoms with Crippen LogP contribution < -0.4 is 5.73 Å². The number of rotatable bonds is 8. The number of carbonyl (C=O) groups excluding carboxylic acids is 1. The molecule has 0 aliphatic carbocycles. The molecule has 0 aromatic heterocycles. The second-order valence-electron chi connectivity index (χ2n) is 3.90. The van der Waals surface area contributed by atoms with Crippen LogP contribution in [0.5, 0.6) is 0 Å². The molecule has 6 heteroatoms. The molecule has 0 atom stereocenters. The molecule has 0 aliphatic heterocycles. The zero-order valence-electron chi connectivity index (χ0n) is 10.9. The monoisotopic (exact) mass is 258 g/mol. The van der Waals surface area contributed by atoms with Crippen LogP contribution >= 0.6 is 0 Å². The molecule has 0 heterocycles. The normalized spacial score (nSPS) is 12.2. The Morgan fingerprint density at radius 2 is 1.89 bits per heavy atom. The van der Waals surface area contributed by atoms with Gasteiger partial charge in [-0.15, -0.1) is 0 Å². The van der Waals surface area contributed by atoms with E-state index in [1.54, 1.807) is 31.0 Å². The van der Waals surface area contributed by atoms with Crippen molar-refractivity contribution in [1.82, 2.24) is 4.90 Å². The number of hydrogen-bond acceptors (Lipinski definition) is 6. The van der Waals surface area contributed by atoms with Gasteiger partial charge in [0.25, 0.3) is 0 Å². The Labute approximate surface area is 107 Å². The van der Waals surface area contributed by atoms with Crippen molar-refractivity contribution in [2.75, 3.05) is 26.3 Å². The zero-order valence-corrected chi connectivity index (χ0v) is 10.9. The second kappa shape index (κ2) is 9.49. The van der Waals surface area contributed by atoms with Crippen molar-refractivity contribution < 1.29 is 19.7 Å². The quantitative estimate of drug-likeness (QED) is 0.311. The topological polar surface area (TPSA) is 96.0 Å². The molecule has 0 amide bonds. The number of nitrogens with two attached hydrogens (primary N) is 1. The molecule has 6 nitrogen and oxygen atoms in total. The van der Waals surface area contributed by atoms with Gasteiger partial charge in [-0.25, -0.2) is 4.79 Å². The van der Waals surface area contributed by atoms with Crippen molar-refractivity contribution in [3.05, 3.63) is 24.0 Å². The van der Waals surface area contributed by atoms with E-state index in [9.17, 15) is 4.79 Å². The number of esters is 1. The molecule has 0 unspecified atom stereocenters. The van der Waals surface area contributed by atoms with Crippen molar-refractivity contribution in [3.63, 3.8) is 0 Å². The molecule has 0 radical (unpaired) electrons. The van der Waals surface area contributed by atoms with E-state index in [1.807, 2.05) is 0 Å². The van der Waals surface area contributed by atoms with Crippen LogP contribution in [0.3, 0.4) is 0 Å². The zero-order chi connectivity index (χ0) is 14.0. The third kappa shape index (κ3) is 7.70. The number of aliphatic hydroxyl groups is 2. The fourth-order valence-electron chi connectivity index (χ4n) is 1.14. The van der Waals surface area contributed by atoms with E-state index in [4.69, 9.17) is 20.7 Å². The molecule has 0 saturated heterocycles. The summed E-state index contributed by atoms with van der Waals surface area (Å²) in [7, 11) is 0. The van der Waals surface area contributed by atoms with E-state index < -0.39 is 5.97 Å². The first-order valence-electron chi connectivity index (χ1n) is 5.82. The molecule has 0 rings (SSSR count). The summed E-state index contributed by atoms with van der Waals surface area (Å²) in [5, 5.41) is 17.6. The maximum absolute atomic E-state index is 11.3. The first-order valence-corrected chi connectivity index (χ1v) is 5.82. The Hall–Kier alpha value is -1.53. The van der Waals surface area contributed by atoms with Crippen molar-refractivity contribution in [1.29, 1.82) is 0 Å². The van der Waals surface area contributed by atoms with Gasteiger partial charge < -0.3 is 25.6 Å². The van der Waals surface area contributed by atoms with Gasteiger partial charge in [0.05, 0.1) is 19.3 Å². The number of aliphatic hydroxyl groups excluding tert-OH is 2. The van der Waals surface area contributed by atoms with Gasteiger partial charge in [-0.05, 0) is 32.2 Å². The van der Waals surface area contributed by atoms with Crippen LogP contribution in [0.1, 0.15) is 13.8 Å². The van der Waals surface area contributed by atoms with E-state index in [2.05, 4.69) is 0 Å². The molecule has 104 valence electrons. The standard InChI is InChI=1S/C12H22N2O4/c1-10(2)18-12(17)11(13)4-3-5-14(6-8-15)7-9-16/h3-5,10,15-16H,6-9,13H2,1-2H3/b5-3+,11-4+. The Morgan fingerprint density at radius 1 is 1.33 bits per heavy atom. The molecule has 0 spiro atoms. The summed E-state index contributed by atoms with van der Waals surface area (Å²) in [6.45, 7) is 4.26. The Balaban J connectivity index is 4.35. The van der Waals surface area contributed by atoms with Crippen LogP contribution in [0.4, 0.5) is 0 Å². The van der Waals surface area contributed by atoms with E-state index in [0.29, 0.717) is 13.1 Å². The lowest BCUT2D eigenvalue weighted by Gasteiger charge is -2.16. The summed E-state index contributed by atoms with van der Waals surface area (Å²) in [5.74, 6) is -0.564. The van der Waals surface area contributed by atoms with Gasteiger partial charge in [-0.2, -0.15) is 0 Å². The highest BCUT2D eigenvalue weighted by Crippen LogP contribution is 1.97. The van der Waals surface area contributed by atoms with Crippen LogP contribution in [0, 0.1) is 0 Å². The molecule has 0 aromatic rings. The van der Waals surface area contributed by atoms with Crippen LogP contribution in [0.2, 0.25) is 0 Å². The maximum Gasteiger partial charge on any atom is 0.354 e. The fraction of sp³-hybridized carbons (Fsp3) is 0.583. The van der Waals surface area contributed by atoms with Gasteiger partial charge in [0, 0.05) is 13.1 Å². The number of hydrogen-bond donors (Lipinski definition) is 3.